The summed E-state index contributed by atoms with van der Waals surface area (Å²) >= 11 is 4.98. The van der Waals surface area contributed by atoms with E-state index in [-0.39, 0.29) is 11.8 Å². The first-order chi connectivity index (χ1) is 14.4. The number of carbonyl (C=O) groups is 2. The Kier molecular flexibility index (Phi) is 10.2. The molecule has 2 aromatic carbocycles. The van der Waals surface area contributed by atoms with Gasteiger partial charge in [0.15, 0.2) is 0 Å². The maximum Gasteiger partial charge on any atom is 0.242 e. The van der Waals surface area contributed by atoms with Crippen LogP contribution < -0.4 is 10.1 Å². The molecule has 0 heterocycles. The number of benzene rings is 2. The van der Waals surface area contributed by atoms with Crippen LogP contribution in [-0.4, -0.2) is 42.2 Å². The van der Waals surface area contributed by atoms with Crippen LogP contribution >= 0.6 is 27.7 Å². The lowest BCUT2D eigenvalue weighted by Crippen LogP contribution is -2.48. The van der Waals surface area contributed by atoms with Crippen molar-refractivity contribution in [2.75, 3.05) is 19.4 Å². The van der Waals surface area contributed by atoms with Crippen molar-refractivity contribution in [3.05, 3.63) is 64.1 Å². The van der Waals surface area contributed by atoms with E-state index in [9.17, 15) is 9.59 Å². The molecular formula is C23H29BrN2O3S. The summed E-state index contributed by atoms with van der Waals surface area (Å²) in [6.45, 7) is 4.74. The molecule has 0 unspecified atom stereocenters. The highest BCUT2D eigenvalue weighted by Crippen LogP contribution is 2.19. The van der Waals surface area contributed by atoms with Crippen LogP contribution in [0.3, 0.4) is 0 Å². The Hall–Kier alpha value is -1.99. The van der Waals surface area contributed by atoms with Gasteiger partial charge in [-0.15, -0.1) is 11.8 Å². The molecule has 7 heteroatoms. The van der Waals surface area contributed by atoms with E-state index in [2.05, 4.69) is 21.2 Å². The number of hydrogen-bond acceptors (Lipinski definition) is 4. The van der Waals surface area contributed by atoms with Crippen LogP contribution in [0.4, 0.5) is 0 Å². The van der Waals surface area contributed by atoms with Crippen LogP contribution in [0, 0.1) is 0 Å². The number of ether oxygens (including phenoxy) is 1. The van der Waals surface area contributed by atoms with Crippen LogP contribution in [0.2, 0.25) is 0 Å². The van der Waals surface area contributed by atoms with Crippen molar-refractivity contribution >= 4 is 39.5 Å². The average molecular weight is 493 g/mol. The first-order valence-electron chi connectivity index (χ1n) is 9.97. The maximum absolute atomic E-state index is 13.1. The molecule has 5 nitrogen and oxygen atoms in total. The number of amides is 2. The Morgan fingerprint density at radius 2 is 1.90 bits per heavy atom. The van der Waals surface area contributed by atoms with E-state index in [1.165, 1.54) is 0 Å². The summed E-state index contributed by atoms with van der Waals surface area (Å²) < 4.78 is 6.32. The second kappa shape index (κ2) is 12.6. The Morgan fingerprint density at radius 1 is 1.17 bits per heavy atom. The minimum Gasteiger partial charge on any atom is -0.497 e. The third kappa shape index (κ3) is 7.69. The number of thioether (sulfide) groups is 1. The van der Waals surface area contributed by atoms with Crippen molar-refractivity contribution in [3.63, 3.8) is 0 Å². The molecule has 0 saturated carbocycles. The fraction of sp³-hybridized carbons (Fsp3) is 0.391. The number of rotatable bonds is 11. The number of carbonyl (C=O) groups excluding carboxylic acids is 2. The number of hydrogen-bond donors (Lipinski definition) is 1. The molecule has 0 aliphatic carbocycles. The van der Waals surface area contributed by atoms with E-state index in [0.29, 0.717) is 18.8 Å². The molecule has 0 aromatic heterocycles. The Morgan fingerprint density at radius 3 is 2.57 bits per heavy atom. The minimum absolute atomic E-state index is 0.0564. The van der Waals surface area contributed by atoms with Gasteiger partial charge in [0.2, 0.25) is 11.8 Å². The first kappa shape index (κ1) is 24.3. The van der Waals surface area contributed by atoms with Gasteiger partial charge in [-0.2, -0.15) is 0 Å². The predicted molar refractivity (Wildman–Crippen MR) is 127 cm³/mol. The fourth-order valence-corrected chi connectivity index (χ4v) is 4.00. The Balaban J connectivity index is 2.06. The van der Waals surface area contributed by atoms with Gasteiger partial charge < -0.3 is 15.0 Å². The van der Waals surface area contributed by atoms with Gasteiger partial charge in [-0.3, -0.25) is 9.59 Å². The summed E-state index contributed by atoms with van der Waals surface area (Å²) in [6.07, 6.45) is 0.853. The highest BCUT2D eigenvalue weighted by Gasteiger charge is 2.25. The molecule has 0 spiro atoms. The normalized spacial score (nSPS) is 11.6. The number of halogens is 1. The topological polar surface area (TPSA) is 58.6 Å². The molecule has 0 radical (unpaired) electrons. The zero-order valence-electron chi connectivity index (χ0n) is 17.7. The van der Waals surface area contributed by atoms with Crippen LogP contribution in [0.15, 0.2) is 53.0 Å². The zero-order valence-corrected chi connectivity index (χ0v) is 20.1. The lowest BCUT2D eigenvalue weighted by Gasteiger charge is -2.29. The molecular weight excluding hydrogens is 464 g/mol. The van der Waals surface area contributed by atoms with Gasteiger partial charge in [0, 0.05) is 23.3 Å². The van der Waals surface area contributed by atoms with E-state index >= 15 is 0 Å². The monoisotopic (exact) mass is 492 g/mol. The third-order valence-corrected chi connectivity index (χ3v) is 6.13. The average Bonchev–Trinajstić information content (AvgIpc) is 2.76. The van der Waals surface area contributed by atoms with Gasteiger partial charge in [0.1, 0.15) is 11.8 Å². The largest absolute Gasteiger partial charge is 0.497 e. The molecule has 0 saturated heterocycles. The second-order valence-electron chi connectivity index (χ2n) is 6.96. The summed E-state index contributed by atoms with van der Waals surface area (Å²) in [6, 6.07) is 15.1. The highest BCUT2D eigenvalue weighted by atomic mass is 79.9. The highest BCUT2D eigenvalue weighted by molar-refractivity contribution is 9.10. The van der Waals surface area contributed by atoms with Crippen LogP contribution in [-0.2, 0) is 21.9 Å². The predicted octanol–water partition coefficient (Wildman–Crippen LogP) is 4.63. The van der Waals surface area contributed by atoms with Crippen molar-refractivity contribution < 1.29 is 14.3 Å². The fourth-order valence-electron chi connectivity index (χ4n) is 2.87. The molecule has 162 valence electrons. The van der Waals surface area contributed by atoms with Crippen molar-refractivity contribution in [1.29, 1.82) is 0 Å². The van der Waals surface area contributed by atoms with E-state index in [4.69, 9.17) is 4.74 Å². The number of methoxy groups -OCH3 is 1. The molecule has 2 rings (SSSR count). The lowest BCUT2D eigenvalue weighted by atomic mass is 10.1. The van der Waals surface area contributed by atoms with Crippen molar-refractivity contribution in [3.8, 4) is 5.75 Å². The molecule has 30 heavy (non-hydrogen) atoms. The molecule has 0 aliphatic rings. The van der Waals surface area contributed by atoms with Crippen LogP contribution in [0.1, 0.15) is 31.4 Å². The molecule has 1 atom stereocenters. The van der Waals surface area contributed by atoms with Gasteiger partial charge in [-0.25, -0.2) is 0 Å². The Bertz CT molecular complexity index is 829. The quantitative estimate of drug-likeness (QED) is 0.496. The molecule has 0 bridgehead atoms. The molecule has 2 aromatic rings. The van der Waals surface area contributed by atoms with Gasteiger partial charge in [0.25, 0.3) is 0 Å². The van der Waals surface area contributed by atoms with Crippen molar-refractivity contribution in [2.45, 2.75) is 38.6 Å². The van der Waals surface area contributed by atoms with Gasteiger partial charge in [0.05, 0.1) is 12.9 Å². The standard InChI is InChI=1S/C23H29BrN2O3S/c1-4-12-25-23(28)17(2)26(14-19-6-5-7-21(13-19)29-3)22(27)16-30-15-18-8-10-20(24)11-9-18/h5-11,13,17H,4,12,14-16H2,1-3H3,(H,25,28)/t17-/m1/s1. The summed E-state index contributed by atoms with van der Waals surface area (Å²) in [5, 5.41) is 2.89. The summed E-state index contributed by atoms with van der Waals surface area (Å²) in [5.74, 6) is 1.59. The minimum atomic E-state index is -0.552. The summed E-state index contributed by atoms with van der Waals surface area (Å²) in [5.41, 5.74) is 2.08. The third-order valence-electron chi connectivity index (χ3n) is 4.61. The van der Waals surface area contributed by atoms with Crippen molar-refractivity contribution in [2.24, 2.45) is 0 Å². The van der Waals surface area contributed by atoms with Crippen LogP contribution in [0.25, 0.3) is 0 Å². The molecule has 0 aliphatic heterocycles. The molecule has 1 N–H and O–H groups in total. The summed E-state index contributed by atoms with van der Waals surface area (Å²) in [4.78, 5) is 27.2. The Labute approximate surface area is 191 Å². The van der Waals surface area contributed by atoms with Gasteiger partial charge >= 0.3 is 0 Å². The van der Waals surface area contributed by atoms with E-state index < -0.39 is 6.04 Å². The smallest absolute Gasteiger partial charge is 0.242 e. The number of nitrogens with zero attached hydrogens (tertiary/aromatic N) is 1. The number of nitrogens with one attached hydrogen (secondary N) is 1. The summed E-state index contributed by atoms with van der Waals surface area (Å²) in [7, 11) is 1.61. The molecule has 2 amide bonds. The zero-order chi connectivity index (χ0) is 21.9. The first-order valence-corrected chi connectivity index (χ1v) is 11.9. The SMILES string of the molecule is CCCNC(=O)[C@@H](C)N(Cc1cccc(OC)c1)C(=O)CSCc1ccc(Br)cc1. The molecule has 0 fully saturated rings. The van der Waals surface area contributed by atoms with E-state index in [1.807, 2.05) is 55.5 Å². The van der Waals surface area contributed by atoms with E-state index in [0.717, 1.165) is 33.5 Å². The maximum atomic E-state index is 13.1. The second-order valence-corrected chi connectivity index (χ2v) is 8.86. The van der Waals surface area contributed by atoms with Crippen molar-refractivity contribution in [1.82, 2.24) is 10.2 Å². The van der Waals surface area contributed by atoms with Gasteiger partial charge in [-0.05, 0) is 48.7 Å². The van der Waals surface area contributed by atoms with Crippen LogP contribution in [0.5, 0.6) is 5.75 Å². The van der Waals surface area contributed by atoms with E-state index in [1.54, 1.807) is 30.7 Å². The lowest BCUT2D eigenvalue weighted by molar-refractivity contribution is -0.138. The van der Waals surface area contributed by atoms with Gasteiger partial charge in [-0.1, -0.05) is 47.1 Å².